The first-order valence-corrected chi connectivity index (χ1v) is 8.06. The van der Waals surface area contributed by atoms with Gasteiger partial charge in [0.25, 0.3) is 11.8 Å². The Hall–Kier alpha value is -1.42. The minimum absolute atomic E-state index is 0.246. The van der Waals surface area contributed by atoms with E-state index in [-0.39, 0.29) is 11.0 Å². The van der Waals surface area contributed by atoms with Crippen LogP contribution in [0.2, 0.25) is 0 Å². The van der Waals surface area contributed by atoms with Gasteiger partial charge in [0, 0.05) is 0 Å². The van der Waals surface area contributed by atoms with Crippen LogP contribution in [0.4, 0.5) is 13.2 Å². The summed E-state index contributed by atoms with van der Waals surface area (Å²) in [4.78, 5) is 24.0. The summed E-state index contributed by atoms with van der Waals surface area (Å²) in [6.07, 6.45) is 5.08. The van der Waals surface area contributed by atoms with Crippen LogP contribution in [-0.4, -0.2) is 30.8 Å². The van der Waals surface area contributed by atoms with Crippen LogP contribution in [0, 0.1) is 17.8 Å². The first kappa shape index (κ1) is 16.9. The zero-order valence-electron chi connectivity index (χ0n) is 11.5. The van der Waals surface area contributed by atoms with Gasteiger partial charge in [-0.15, -0.1) is 9.35 Å². The number of hydrogen-bond donors (Lipinski definition) is 0. The second-order valence-electron chi connectivity index (χ2n) is 5.16. The molecule has 0 radical (unpaired) electrons. The van der Waals surface area contributed by atoms with E-state index >= 15 is 0 Å². The van der Waals surface area contributed by atoms with Crippen molar-refractivity contribution in [2.24, 2.45) is 17.8 Å². The molecule has 1 saturated carbocycles. The van der Waals surface area contributed by atoms with Gasteiger partial charge in [-0.1, -0.05) is 19.1 Å². The third kappa shape index (κ3) is 2.76. The smallest absolute Gasteiger partial charge is 0.272 e. The van der Waals surface area contributed by atoms with Crippen molar-refractivity contribution in [3.63, 3.8) is 0 Å². The van der Waals surface area contributed by atoms with Crippen molar-refractivity contribution in [3.05, 3.63) is 12.2 Å². The molecule has 0 N–H and O–H groups in total. The normalized spacial score (nSPS) is 29.6. The molecule has 0 aromatic rings. The monoisotopic (exact) mass is 341 g/mol. The van der Waals surface area contributed by atoms with Crippen LogP contribution in [0.1, 0.15) is 26.2 Å². The molecule has 3 unspecified atom stereocenters. The van der Waals surface area contributed by atoms with Crippen molar-refractivity contribution < 1.29 is 35.5 Å². The van der Waals surface area contributed by atoms with Gasteiger partial charge in [0.15, 0.2) is 0 Å². The molecule has 1 heterocycles. The highest BCUT2D eigenvalue weighted by Crippen LogP contribution is 2.45. The Morgan fingerprint density at radius 1 is 1.27 bits per heavy atom. The van der Waals surface area contributed by atoms with Crippen molar-refractivity contribution in [2.75, 3.05) is 0 Å². The van der Waals surface area contributed by atoms with Gasteiger partial charge in [-0.05, 0) is 25.2 Å². The van der Waals surface area contributed by atoms with E-state index in [1.165, 1.54) is 0 Å². The zero-order chi connectivity index (χ0) is 16.7. The molecule has 2 fully saturated rings. The van der Waals surface area contributed by atoms with Gasteiger partial charge >= 0.3 is 15.6 Å². The van der Waals surface area contributed by atoms with Crippen LogP contribution in [0.25, 0.3) is 0 Å². The Bertz CT molecular complexity index is 613. The topological polar surface area (TPSA) is 80.8 Å². The lowest BCUT2D eigenvalue weighted by Gasteiger charge is -2.17. The number of rotatable bonds is 4. The number of hydrogen-bond acceptors (Lipinski definition) is 5. The highest BCUT2D eigenvalue weighted by atomic mass is 32.2. The predicted molar refractivity (Wildman–Crippen MR) is 67.0 cm³/mol. The first-order valence-electron chi connectivity index (χ1n) is 6.65. The number of carbonyl (C=O) groups is 2. The molecule has 22 heavy (non-hydrogen) atoms. The van der Waals surface area contributed by atoms with Gasteiger partial charge < -0.3 is 0 Å². The summed E-state index contributed by atoms with van der Waals surface area (Å²) in [5.41, 5.74) is -5.70. The summed E-state index contributed by atoms with van der Waals surface area (Å²) >= 11 is 0. The molecule has 0 bridgehead atoms. The molecule has 1 aliphatic heterocycles. The summed E-state index contributed by atoms with van der Waals surface area (Å²) in [7, 11) is -6.05. The number of imide groups is 1. The molecule has 10 heteroatoms. The summed E-state index contributed by atoms with van der Waals surface area (Å²) in [6.45, 7) is 1.87. The molecule has 2 rings (SSSR count). The number of amides is 2. The van der Waals surface area contributed by atoms with E-state index in [1.54, 1.807) is 12.2 Å². The van der Waals surface area contributed by atoms with Crippen molar-refractivity contribution in [3.8, 4) is 0 Å². The van der Waals surface area contributed by atoms with Crippen LogP contribution < -0.4 is 0 Å². The fourth-order valence-corrected chi connectivity index (χ4v) is 3.22. The van der Waals surface area contributed by atoms with E-state index in [0.717, 1.165) is 0 Å². The van der Waals surface area contributed by atoms with Gasteiger partial charge in [-0.3, -0.25) is 9.59 Å². The van der Waals surface area contributed by atoms with Crippen molar-refractivity contribution in [1.29, 1.82) is 0 Å². The third-order valence-corrected chi connectivity index (χ3v) is 4.70. The number of fused-ring (bicyclic) bond motifs is 1. The van der Waals surface area contributed by atoms with E-state index < -0.39 is 39.3 Å². The maximum absolute atomic E-state index is 12.3. The first-order chi connectivity index (χ1) is 10.1. The average Bonchev–Trinajstić information content (AvgIpc) is 2.91. The number of alkyl halides is 3. The molecular weight excluding hydrogens is 327 g/mol. The average molecular weight is 341 g/mol. The van der Waals surface area contributed by atoms with Gasteiger partial charge in [0.1, 0.15) is 0 Å². The largest absolute Gasteiger partial charge is 0.525 e. The molecule has 1 saturated heterocycles. The standard InChI is InChI=1S/C12H14F3NO5S/c1-2-3-4-7-5-6-8-9(7)11(18)16(10(8)17)21-22(19,20)12(13,14)15/h3-4,7-9H,2,5-6H2,1H3/b4-3-. The van der Waals surface area contributed by atoms with E-state index in [0.29, 0.717) is 19.3 Å². The zero-order valence-corrected chi connectivity index (χ0v) is 12.4. The molecular formula is C12H14F3NO5S. The minimum Gasteiger partial charge on any atom is -0.272 e. The fourth-order valence-electron chi connectivity index (χ4n) is 2.80. The Labute approximate surface area is 125 Å². The van der Waals surface area contributed by atoms with Crippen LogP contribution in [0.3, 0.4) is 0 Å². The van der Waals surface area contributed by atoms with E-state index in [9.17, 15) is 31.2 Å². The molecule has 2 aliphatic rings. The van der Waals surface area contributed by atoms with E-state index in [2.05, 4.69) is 4.28 Å². The predicted octanol–water partition coefficient (Wildman–Crippen LogP) is 1.75. The van der Waals surface area contributed by atoms with Crippen LogP contribution in [0.15, 0.2) is 12.2 Å². The van der Waals surface area contributed by atoms with Gasteiger partial charge in [-0.25, -0.2) is 0 Å². The molecule has 1 aliphatic carbocycles. The second kappa shape index (κ2) is 5.65. The molecule has 3 atom stereocenters. The number of halogens is 3. The lowest BCUT2D eigenvalue weighted by atomic mass is 9.91. The SMILES string of the molecule is CC/C=C\C1CCC2C(=O)N(OS(=O)(=O)C(F)(F)F)C(=O)C12. The van der Waals surface area contributed by atoms with E-state index in [4.69, 9.17) is 0 Å². The van der Waals surface area contributed by atoms with Gasteiger partial charge in [0.2, 0.25) is 0 Å². The number of allylic oxidation sites excluding steroid dienone is 2. The summed E-state index contributed by atoms with van der Waals surface area (Å²) in [5.74, 6) is -4.06. The Balaban J connectivity index is 2.22. The summed E-state index contributed by atoms with van der Waals surface area (Å²) < 4.78 is 62.6. The van der Waals surface area contributed by atoms with E-state index in [1.807, 2.05) is 6.92 Å². The Kier molecular flexibility index (Phi) is 4.35. The highest BCUT2D eigenvalue weighted by Gasteiger charge is 2.58. The van der Waals surface area contributed by atoms with Crippen LogP contribution in [-0.2, 0) is 24.0 Å². The molecule has 0 aromatic heterocycles. The summed E-state index contributed by atoms with van der Waals surface area (Å²) in [6, 6.07) is 0. The third-order valence-electron chi connectivity index (χ3n) is 3.78. The molecule has 2 amide bonds. The maximum atomic E-state index is 12.3. The van der Waals surface area contributed by atoms with Crippen molar-refractivity contribution in [2.45, 2.75) is 31.7 Å². The van der Waals surface area contributed by atoms with Crippen molar-refractivity contribution in [1.82, 2.24) is 5.06 Å². The van der Waals surface area contributed by atoms with Crippen LogP contribution in [0.5, 0.6) is 0 Å². The lowest BCUT2D eigenvalue weighted by molar-refractivity contribution is -0.169. The minimum atomic E-state index is -6.05. The molecule has 6 nitrogen and oxygen atoms in total. The van der Waals surface area contributed by atoms with Crippen molar-refractivity contribution >= 4 is 21.9 Å². The number of carbonyl (C=O) groups excluding carboxylic acids is 2. The molecule has 0 aromatic carbocycles. The summed E-state index contributed by atoms with van der Waals surface area (Å²) in [5, 5.41) is -0.246. The second-order valence-corrected chi connectivity index (χ2v) is 6.68. The molecule has 0 spiro atoms. The number of nitrogens with zero attached hydrogens (tertiary/aromatic N) is 1. The molecule has 124 valence electrons. The number of hydroxylamine groups is 2. The lowest BCUT2D eigenvalue weighted by Crippen LogP contribution is -2.39. The van der Waals surface area contributed by atoms with Crippen LogP contribution >= 0.6 is 0 Å². The highest BCUT2D eigenvalue weighted by molar-refractivity contribution is 7.87. The fraction of sp³-hybridized carbons (Fsp3) is 0.667. The van der Waals surface area contributed by atoms with Gasteiger partial charge in [-0.2, -0.15) is 21.6 Å². The quantitative estimate of drug-likeness (QED) is 0.442. The maximum Gasteiger partial charge on any atom is 0.525 e. The Morgan fingerprint density at radius 3 is 2.45 bits per heavy atom. The van der Waals surface area contributed by atoms with Gasteiger partial charge in [0.05, 0.1) is 11.8 Å². The Morgan fingerprint density at radius 2 is 1.91 bits per heavy atom.